The van der Waals surface area contributed by atoms with Crippen molar-refractivity contribution < 1.29 is 9.47 Å². The van der Waals surface area contributed by atoms with Crippen molar-refractivity contribution in [3.63, 3.8) is 0 Å². The van der Waals surface area contributed by atoms with Gasteiger partial charge in [0.15, 0.2) is 5.96 Å². The van der Waals surface area contributed by atoms with Gasteiger partial charge in [0, 0.05) is 32.6 Å². The molecule has 0 radical (unpaired) electrons. The number of guanidine groups is 1. The molecule has 1 unspecified atom stereocenters. The number of benzene rings is 1. The first-order valence-electron chi connectivity index (χ1n) is 9.42. The van der Waals surface area contributed by atoms with Gasteiger partial charge in [-0.05, 0) is 31.5 Å². The largest absolute Gasteiger partial charge is 0.488 e. The zero-order chi connectivity index (χ0) is 17.3. The summed E-state index contributed by atoms with van der Waals surface area (Å²) in [5, 5.41) is 6.75. The van der Waals surface area contributed by atoms with Crippen LogP contribution in [-0.4, -0.2) is 69.4 Å². The van der Waals surface area contributed by atoms with Crippen molar-refractivity contribution in [2.24, 2.45) is 4.99 Å². The fraction of sp³-hybridized carbons (Fsp3) is 0.632. The quantitative estimate of drug-likeness (QED) is 0.274. The van der Waals surface area contributed by atoms with Crippen LogP contribution in [-0.2, 0) is 11.2 Å². The molecular weight excluding hydrogens is 443 g/mol. The van der Waals surface area contributed by atoms with E-state index in [2.05, 4.69) is 34.6 Å². The van der Waals surface area contributed by atoms with Gasteiger partial charge in [-0.25, -0.2) is 4.99 Å². The highest BCUT2D eigenvalue weighted by atomic mass is 127. The first kappa shape index (κ1) is 21.2. The first-order chi connectivity index (χ1) is 12.3. The van der Waals surface area contributed by atoms with Gasteiger partial charge in [0.1, 0.15) is 11.9 Å². The Bertz CT molecular complexity index is 539. The van der Waals surface area contributed by atoms with Gasteiger partial charge in [-0.2, -0.15) is 0 Å². The summed E-state index contributed by atoms with van der Waals surface area (Å²) in [5.41, 5.74) is 1.28. The molecule has 6 nitrogen and oxygen atoms in total. The Balaban J connectivity index is 0.00000243. The Morgan fingerprint density at radius 2 is 2.04 bits per heavy atom. The van der Waals surface area contributed by atoms with E-state index in [1.54, 1.807) is 0 Å². The van der Waals surface area contributed by atoms with E-state index in [-0.39, 0.29) is 30.1 Å². The number of hydrogen-bond acceptors (Lipinski definition) is 4. The molecule has 0 amide bonds. The van der Waals surface area contributed by atoms with E-state index in [4.69, 9.17) is 14.5 Å². The molecule has 1 fully saturated rings. The van der Waals surface area contributed by atoms with E-state index >= 15 is 0 Å². The monoisotopic (exact) mass is 474 g/mol. The fourth-order valence-electron chi connectivity index (χ4n) is 3.22. The third-order valence-electron chi connectivity index (χ3n) is 4.56. The highest BCUT2D eigenvalue weighted by Crippen LogP contribution is 2.28. The maximum absolute atomic E-state index is 5.96. The van der Waals surface area contributed by atoms with Crippen molar-refractivity contribution in [3.05, 3.63) is 29.8 Å². The average molecular weight is 474 g/mol. The standard InChI is InChI=1S/C19H30N4O2.HI/c1-2-20-19(21-8-5-9-23-10-12-24-13-11-23)22-15-17-14-16-6-3-4-7-18(16)25-17;/h3-4,6-7,17H,2,5,8-15H2,1H3,(H2,20,21,22);1H. The van der Waals surface area contributed by atoms with Crippen LogP contribution in [0.5, 0.6) is 5.75 Å². The molecule has 0 aliphatic carbocycles. The predicted octanol–water partition coefficient (Wildman–Crippen LogP) is 1.89. The summed E-state index contributed by atoms with van der Waals surface area (Å²) in [6.45, 7) is 9.48. The second-order valence-corrected chi connectivity index (χ2v) is 6.51. The summed E-state index contributed by atoms with van der Waals surface area (Å²) in [7, 11) is 0. The summed E-state index contributed by atoms with van der Waals surface area (Å²) >= 11 is 0. The molecule has 3 rings (SSSR count). The van der Waals surface area contributed by atoms with E-state index in [0.29, 0.717) is 6.54 Å². The minimum atomic E-state index is 0. The van der Waals surface area contributed by atoms with Crippen LogP contribution in [0.4, 0.5) is 0 Å². The SMILES string of the molecule is CCNC(=NCC1Cc2ccccc2O1)NCCCN1CCOCC1.I. The fourth-order valence-corrected chi connectivity index (χ4v) is 3.22. The maximum Gasteiger partial charge on any atom is 0.191 e. The molecule has 146 valence electrons. The number of para-hydroxylation sites is 1. The van der Waals surface area contributed by atoms with E-state index in [9.17, 15) is 0 Å². The lowest BCUT2D eigenvalue weighted by Gasteiger charge is -2.26. The van der Waals surface area contributed by atoms with Crippen LogP contribution in [0.2, 0.25) is 0 Å². The Morgan fingerprint density at radius 3 is 2.81 bits per heavy atom. The molecule has 2 N–H and O–H groups in total. The molecule has 2 heterocycles. The van der Waals surface area contributed by atoms with E-state index in [0.717, 1.165) is 70.5 Å². The lowest BCUT2D eigenvalue weighted by molar-refractivity contribution is 0.0376. The van der Waals surface area contributed by atoms with Crippen molar-refractivity contribution in [3.8, 4) is 5.75 Å². The van der Waals surface area contributed by atoms with E-state index in [1.165, 1.54) is 5.56 Å². The highest BCUT2D eigenvalue weighted by Gasteiger charge is 2.21. The van der Waals surface area contributed by atoms with Crippen LogP contribution in [0.1, 0.15) is 18.9 Å². The molecular formula is C19H31IN4O2. The molecule has 0 spiro atoms. The molecule has 0 aromatic heterocycles. The van der Waals surface area contributed by atoms with E-state index < -0.39 is 0 Å². The summed E-state index contributed by atoms with van der Waals surface area (Å²) in [4.78, 5) is 7.16. The number of halogens is 1. The Morgan fingerprint density at radius 1 is 1.23 bits per heavy atom. The molecule has 26 heavy (non-hydrogen) atoms. The molecule has 0 bridgehead atoms. The van der Waals surface area contributed by atoms with Gasteiger partial charge in [-0.1, -0.05) is 18.2 Å². The molecule has 1 atom stereocenters. The topological polar surface area (TPSA) is 58.1 Å². The number of nitrogens with one attached hydrogen (secondary N) is 2. The van der Waals surface area contributed by atoms with Gasteiger partial charge in [-0.15, -0.1) is 24.0 Å². The molecule has 0 saturated carbocycles. The van der Waals surface area contributed by atoms with Gasteiger partial charge < -0.3 is 20.1 Å². The molecule has 1 saturated heterocycles. The minimum absolute atomic E-state index is 0. The Labute approximate surface area is 173 Å². The van der Waals surface area contributed by atoms with Crippen molar-refractivity contribution in [1.82, 2.24) is 15.5 Å². The normalized spacial score (nSPS) is 20.0. The van der Waals surface area contributed by atoms with Crippen LogP contribution >= 0.6 is 24.0 Å². The summed E-state index contributed by atoms with van der Waals surface area (Å²) in [5.74, 6) is 1.88. The number of rotatable bonds is 7. The van der Waals surface area contributed by atoms with Crippen LogP contribution in [0.25, 0.3) is 0 Å². The van der Waals surface area contributed by atoms with Crippen molar-refractivity contribution in [2.75, 3.05) is 52.5 Å². The van der Waals surface area contributed by atoms with Crippen molar-refractivity contribution in [2.45, 2.75) is 25.9 Å². The zero-order valence-electron chi connectivity index (χ0n) is 15.6. The van der Waals surface area contributed by atoms with Gasteiger partial charge >= 0.3 is 0 Å². The van der Waals surface area contributed by atoms with Gasteiger partial charge in [0.25, 0.3) is 0 Å². The summed E-state index contributed by atoms with van der Waals surface area (Å²) in [6.07, 6.45) is 2.19. The number of hydrogen-bond donors (Lipinski definition) is 2. The van der Waals surface area contributed by atoms with Crippen LogP contribution in [0.15, 0.2) is 29.3 Å². The summed E-state index contributed by atoms with van der Waals surface area (Å²) < 4.78 is 11.3. The minimum Gasteiger partial charge on any atom is -0.488 e. The predicted molar refractivity (Wildman–Crippen MR) is 116 cm³/mol. The third kappa shape index (κ3) is 6.59. The molecule has 2 aliphatic heterocycles. The van der Waals surface area contributed by atoms with Gasteiger partial charge in [0.2, 0.25) is 0 Å². The number of ether oxygens (including phenoxy) is 2. The number of fused-ring (bicyclic) bond motifs is 1. The second-order valence-electron chi connectivity index (χ2n) is 6.51. The van der Waals surface area contributed by atoms with Crippen molar-refractivity contribution >= 4 is 29.9 Å². The van der Waals surface area contributed by atoms with Gasteiger partial charge in [0.05, 0.1) is 19.8 Å². The number of morpholine rings is 1. The molecule has 1 aromatic rings. The molecule has 1 aromatic carbocycles. The molecule has 2 aliphatic rings. The highest BCUT2D eigenvalue weighted by molar-refractivity contribution is 14.0. The Kier molecular flexibility index (Phi) is 9.49. The smallest absolute Gasteiger partial charge is 0.191 e. The second kappa shape index (κ2) is 11.6. The lowest BCUT2D eigenvalue weighted by atomic mass is 10.1. The zero-order valence-corrected chi connectivity index (χ0v) is 17.9. The average Bonchev–Trinajstić information content (AvgIpc) is 3.07. The number of nitrogens with zero attached hydrogens (tertiary/aromatic N) is 2. The summed E-state index contributed by atoms with van der Waals surface area (Å²) in [6, 6.07) is 8.25. The van der Waals surface area contributed by atoms with Gasteiger partial charge in [-0.3, -0.25) is 4.90 Å². The first-order valence-corrected chi connectivity index (χ1v) is 9.42. The van der Waals surface area contributed by atoms with E-state index in [1.807, 2.05) is 12.1 Å². The van der Waals surface area contributed by atoms with Crippen molar-refractivity contribution in [1.29, 1.82) is 0 Å². The lowest BCUT2D eigenvalue weighted by Crippen LogP contribution is -2.41. The Hall–Kier alpha value is -1.06. The third-order valence-corrected chi connectivity index (χ3v) is 4.56. The molecule has 7 heteroatoms. The number of aliphatic imine (C=N–C) groups is 1. The van der Waals surface area contributed by atoms with Crippen LogP contribution in [0.3, 0.4) is 0 Å². The maximum atomic E-state index is 5.96. The van der Waals surface area contributed by atoms with Crippen LogP contribution < -0.4 is 15.4 Å². The van der Waals surface area contributed by atoms with Crippen LogP contribution in [0, 0.1) is 0 Å².